The Hall–Kier alpha value is -1.33. The summed E-state index contributed by atoms with van der Waals surface area (Å²) in [5.41, 5.74) is -0.371. The number of aromatic nitrogens is 1. The summed E-state index contributed by atoms with van der Waals surface area (Å²) >= 11 is 0. The van der Waals surface area contributed by atoms with Crippen LogP contribution in [0.1, 0.15) is 23.8 Å². The van der Waals surface area contributed by atoms with Crippen molar-refractivity contribution in [2.24, 2.45) is 7.05 Å². The molecule has 96 valence electrons. The van der Waals surface area contributed by atoms with E-state index in [0.717, 1.165) is 0 Å². The molecule has 5 heteroatoms. The zero-order chi connectivity index (χ0) is 12.9. The number of methoxy groups -OCH3 is 1. The number of hydrogen-bond acceptors (Lipinski definition) is 3. The van der Waals surface area contributed by atoms with Crippen LogP contribution in [0, 0.1) is 0 Å². The molecule has 0 saturated heterocycles. The van der Waals surface area contributed by atoms with Gasteiger partial charge in [0.05, 0.1) is 5.60 Å². The quantitative estimate of drug-likeness (QED) is 0.763. The van der Waals surface area contributed by atoms with E-state index in [9.17, 15) is 9.90 Å². The molecule has 0 fully saturated rings. The monoisotopic (exact) mass is 240 g/mol. The van der Waals surface area contributed by atoms with Crippen LogP contribution in [0.2, 0.25) is 0 Å². The van der Waals surface area contributed by atoms with E-state index in [0.29, 0.717) is 18.7 Å². The number of amides is 1. The Kier molecular flexibility index (Phi) is 4.72. The minimum absolute atomic E-state index is 0.185. The predicted octanol–water partition coefficient (Wildman–Crippen LogP) is 0.542. The van der Waals surface area contributed by atoms with Gasteiger partial charge in [-0.15, -0.1) is 0 Å². The molecule has 0 bridgehead atoms. The Morgan fingerprint density at radius 3 is 2.88 bits per heavy atom. The van der Waals surface area contributed by atoms with Gasteiger partial charge in [0, 0.05) is 39.9 Å². The van der Waals surface area contributed by atoms with E-state index in [2.05, 4.69) is 5.32 Å². The van der Waals surface area contributed by atoms with Crippen molar-refractivity contribution in [3.63, 3.8) is 0 Å². The molecule has 1 aromatic heterocycles. The average molecular weight is 240 g/mol. The number of aryl methyl sites for hydroxylation is 1. The molecule has 0 aromatic carbocycles. The van der Waals surface area contributed by atoms with Crippen LogP contribution < -0.4 is 5.32 Å². The number of carbonyl (C=O) groups is 1. The van der Waals surface area contributed by atoms with Crippen molar-refractivity contribution in [2.75, 3.05) is 20.3 Å². The van der Waals surface area contributed by atoms with Gasteiger partial charge in [-0.3, -0.25) is 4.79 Å². The van der Waals surface area contributed by atoms with E-state index in [-0.39, 0.29) is 12.5 Å². The molecule has 0 spiro atoms. The molecule has 0 aliphatic heterocycles. The highest BCUT2D eigenvalue weighted by Crippen LogP contribution is 2.08. The molecule has 1 amide bonds. The number of hydrogen-bond donors (Lipinski definition) is 2. The first-order valence-corrected chi connectivity index (χ1v) is 5.57. The molecule has 1 unspecified atom stereocenters. The van der Waals surface area contributed by atoms with Gasteiger partial charge in [0.15, 0.2) is 0 Å². The highest BCUT2D eigenvalue weighted by atomic mass is 16.5. The maximum absolute atomic E-state index is 11.8. The fraction of sp³-hybridized carbons (Fsp3) is 0.583. The molecular formula is C12H20N2O3. The molecule has 0 radical (unpaired) electrons. The maximum atomic E-state index is 11.8. The van der Waals surface area contributed by atoms with Crippen molar-refractivity contribution in [2.45, 2.75) is 18.9 Å². The van der Waals surface area contributed by atoms with Gasteiger partial charge in [-0.1, -0.05) is 0 Å². The van der Waals surface area contributed by atoms with Gasteiger partial charge in [0.2, 0.25) is 0 Å². The minimum Gasteiger partial charge on any atom is -0.388 e. The first-order chi connectivity index (χ1) is 7.96. The van der Waals surface area contributed by atoms with Crippen molar-refractivity contribution in [3.8, 4) is 0 Å². The number of rotatable bonds is 6. The topological polar surface area (TPSA) is 63.5 Å². The summed E-state index contributed by atoms with van der Waals surface area (Å²) in [5, 5.41) is 12.7. The predicted molar refractivity (Wildman–Crippen MR) is 64.9 cm³/mol. The molecular weight excluding hydrogens is 220 g/mol. The second kappa shape index (κ2) is 5.84. The van der Waals surface area contributed by atoms with Gasteiger partial charge in [0.1, 0.15) is 5.69 Å². The van der Waals surface area contributed by atoms with Crippen LogP contribution >= 0.6 is 0 Å². The van der Waals surface area contributed by atoms with E-state index in [1.165, 1.54) is 0 Å². The third kappa shape index (κ3) is 4.20. The Morgan fingerprint density at radius 1 is 1.65 bits per heavy atom. The number of nitrogens with one attached hydrogen (secondary N) is 1. The van der Waals surface area contributed by atoms with Crippen molar-refractivity contribution >= 4 is 5.91 Å². The van der Waals surface area contributed by atoms with Gasteiger partial charge < -0.3 is 19.7 Å². The van der Waals surface area contributed by atoms with Crippen LogP contribution in [-0.2, 0) is 11.8 Å². The van der Waals surface area contributed by atoms with Gasteiger partial charge >= 0.3 is 0 Å². The summed E-state index contributed by atoms with van der Waals surface area (Å²) in [6.45, 7) is 2.35. The highest BCUT2D eigenvalue weighted by Gasteiger charge is 2.21. The second-order valence-electron chi connectivity index (χ2n) is 4.43. The molecule has 0 saturated carbocycles. The summed E-state index contributed by atoms with van der Waals surface area (Å²) < 4.78 is 6.63. The summed E-state index contributed by atoms with van der Waals surface area (Å²) in [6.07, 6.45) is 2.29. The molecule has 0 aliphatic carbocycles. The second-order valence-corrected chi connectivity index (χ2v) is 4.43. The van der Waals surface area contributed by atoms with Gasteiger partial charge in [-0.25, -0.2) is 0 Å². The van der Waals surface area contributed by atoms with E-state index in [1.54, 1.807) is 44.0 Å². The molecule has 1 heterocycles. The van der Waals surface area contributed by atoms with Gasteiger partial charge in [-0.2, -0.15) is 0 Å². The molecule has 2 N–H and O–H groups in total. The number of aliphatic hydroxyl groups is 1. The Morgan fingerprint density at radius 2 is 2.35 bits per heavy atom. The normalized spacial score (nSPS) is 14.4. The third-order valence-electron chi connectivity index (χ3n) is 2.65. The minimum atomic E-state index is -0.948. The summed E-state index contributed by atoms with van der Waals surface area (Å²) in [4.78, 5) is 11.8. The molecule has 5 nitrogen and oxygen atoms in total. The van der Waals surface area contributed by atoms with E-state index in [4.69, 9.17) is 4.74 Å². The lowest BCUT2D eigenvalue weighted by Gasteiger charge is -2.23. The number of nitrogens with zero attached hydrogens (tertiary/aromatic N) is 1. The van der Waals surface area contributed by atoms with Crippen LogP contribution in [-0.4, -0.2) is 41.4 Å². The lowest BCUT2D eigenvalue weighted by Crippen LogP contribution is -2.41. The van der Waals surface area contributed by atoms with Crippen LogP contribution in [0.5, 0.6) is 0 Å². The Labute approximate surface area is 101 Å². The van der Waals surface area contributed by atoms with Crippen LogP contribution in [0.3, 0.4) is 0 Å². The summed E-state index contributed by atoms with van der Waals surface area (Å²) in [5.74, 6) is -0.185. The van der Waals surface area contributed by atoms with E-state index < -0.39 is 5.60 Å². The van der Waals surface area contributed by atoms with Crippen LogP contribution in [0.15, 0.2) is 18.3 Å². The summed E-state index contributed by atoms with van der Waals surface area (Å²) in [6, 6.07) is 3.54. The lowest BCUT2D eigenvalue weighted by molar-refractivity contribution is 0.0242. The highest BCUT2D eigenvalue weighted by molar-refractivity contribution is 5.92. The fourth-order valence-electron chi connectivity index (χ4n) is 1.47. The fourth-order valence-corrected chi connectivity index (χ4v) is 1.47. The standard InChI is InChI=1S/C12H20N2O3/c1-12(16,6-8-17-3)9-13-11(15)10-5-4-7-14(10)2/h4-5,7,16H,6,8-9H2,1-3H3,(H,13,15). The zero-order valence-corrected chi connectivity index (χ0v) is 10.6. The molecule has 1 atom stereocenters. The Balaban J connectivity index is 2.45. The molecule has 17 heavy (non-hydrogen) atoms. The van der Waals surface area contributed by atoms with Crippen molar-refractivity contribution in [1.82, 2.24) is 9.88 Å². The van der Waals surface area contributed by atoms with E-state index >= 15 is 0 Å². The molecule has 1 aromatic rings. The average Bonchev–Trinajstić information content (AvgIpc) is 2.70. The molecule has 0 aliphatic rings. The van der Waals surface area contributed by atoms with Crippen molar-refractivity contribution in [1.29, 1.82) is 0 Å². The Bertz CT molecular complexity index is 372. The van der Waals surface area contributed by atoms with Gasteiger partial charge in [-0.05, 0) is 19.1 Å². The van der Waals surface area contributed by atoms with Crippen LogP contribution in [0.4, 0.5) is 0 Å². The first-order valence-electron chi connectivity index (χ1n) is 5.57. The smallest absolute Gasteiger partial charge is 0.267 e. The van der Waals surface area contributed by atoms with E-state index in [1.807, 2.05) is 0 Å². The van der Waals surface area contributed by atoms with Gasteiger partial charge in [0.25, 0.3) is 5.91 Å². The largest absolute Gasteiger partial charge is 0.388 e. The van der Waals surface area contributed by atoms with Crippen molar-refractivity contribution < 1.29 is 14.6 Å². The maximum Gasteiger partial charge on any atom is 0.267 e. The first kappa shape index (κ1) is 13.7. The number of carbonyl (C=O) groups excluding carboxylic acids is 1. The summed E-state index contributed by atoms with van der Waals surface area (Å²) in [7, 11) is 3.39. The van der Waals surface area contributed by atoms with Crippen molar-refractivity contribution in [3.05, 3.63) is 24.0 Å². The number of ether oxygens (including phenoxy) is 1. The third-order valence-corrected chi connectivity index (χ3v) is 2.65. The van der Waals surface area contributed by atoms with Crippen LogP contribution in [0.25, 0.3) is 0 Å². The zero-order valence-electron chi connectivity index (χ0n) is 10.6. The lowest BCUT2D eigenvalue weighted by atomic mass is 10.0. The SMILES string of the molecule is COCCC(C)(O)CNC(=O)c1cccn1C. The molecule has 1 rings (SSSR count).